The predicted octanol–water partition coefficient (Wildman–Crippen LogP) is 2.36. The average molecular weight is 327 g/mol. The van der Waals surface area contributed by atoms with E-state index >= 15 is 0 Å². The molecule has 0 heterocycles. The molecule has 0 fully saturated rings. The molecular weight excluding hydrogens is 308 g/mol. The summed E-state index contributed by atoms with van der Waals surface area (Å²) in [6.45, 7) is 6.80. The Kier molecular flexibility index (Phi) is 6.02. The van der Waals surface area contributed by atoms with Crippen molar-refractivity contribution in [1.82, 2.24) is 10.2 Å². The lowest BCUT2D eigenvalue weighted by Gasteiger charge is -2.21. The smallest absolute Gasteiger partial charge is 0.255 e. The Morgan fingerprint density at radius 2 is 2.00 bits per heavy atom. The summed E-state index contributed by atoms with van der Waals surface area (Å²) in [6.07, 6.45) is 0. The number of nitrogens with zero attached hydrogens (tertiary/aromatic N) is 1. The van der Waals surface area contributed by atoms with Gasteiger partial charge in [0.2, 0.25) is 5.91 Å². The first kappa shape index (κ1) is 15.7. The molecule has 0 radical (unpaired) electrons. The summed E-state index contributed by atoms with van der Waals surface area (Å²) >= 11 is 3.43. The fourth-order valence-corrected chi connectivity index (χ4v) is 2.17. The lowest BCUT2D eigenvalue weighted by atomic mass is 10.1. The number of aryl methyl sites for hydroxylation is 1. The van der Waals surface area contributed by atoms with Gasteiger partial charge in [-0.25, -0.2) is 0 Å². The van der Waals surface area contributed by atoms with E-state index in [9.17, 15) is 9.59 Å². The Labute approximate surface area is 122 Å². The van der Waals surface area contributed by atoms with E-state index in [0.29, 0.717) is 18.7 Å². The zero-order valence-corrected chi connectivity index (χ0v) is 13.1. The van der Waals surface area contributed by atoms with Crippen LogP contribution in [0.1, 0.15) is 29.8 Å². The first-order valence-corrected chi connectivity index (χ1v) is 7.11. The van der Waals surface area contributed by atoms with E-state index in [4.69, 9.17) is 0 Å². The molecule has 0 bridgehead atoms. The van der Waals surface area contributed by atoms with E-state index in [1.807, 2.05) is 32.9 Å². The van der Waals surface area contributed by atoms with Crippen molar-refractivity contribution in [2.45, 2.75) is 20.8 Å². The van der Waals surface area contributed by atoms with Gasteiger partial charge in [-0.15, -0.1) is 0 Å². The molecule has 1 aromatic rings. The van der Waals surface area contributed by atoms with Crippen LogP contribution in [0.4, 0.5) is 0 Å². The summed E-state index contributed by atoms with van der Waals surface area (Å²) in [5.41, 5.74) is 1.59. The quantitative estimate of drug-likeness (QED) is 0.903. The zero-order valence-electron chi connectivity index (χ0n) is 11.5. The van der Waals surface area contributed by atoms with E-state index in [1.165, 1.54) is 4.90 Å². The lowest BCUT2D eigenvalue weighted by Crippen LogP contribution is -2.40. The van der Waals surface area contributed by atoms with Gasteiger partial charge in [0.15, 0.2) is 0 Å². The molecule has 4 nitrogen and oxygen atoms in total. The summed E-state index contributed by atoms with van der Waals surface area (Å²) in [6, 6.07) is 5.54. The number of hydrogen-bond donors (Lipinski definition) is 1. The Bertz CT molecular complexity index is 475. The molecule has 104 valence electrons. The number of carbonyl (C=O) groups is 2. The number of benzene rings is 1. The van der Waals surface area contributed by atoms with Gasteiger partial charge < -0.3 is 10.2 Å². The van der Waals surface area contributed by atoms with Crippen LogP contribution in [-0.4, -0.2) is 36.3 Å². The van der Waals surface area contributed by atoms with Crippen LogP contribution >= 0.6 is 15.9 Å². The molecule has 1 rings (SSSR count). The summed E-state index contributed by atoms with van der Waals surface area (Å²) in [7, 11) is 0. The first-order chi connectivity index (χ1) is 9.01. The van der Waals surface area contributed by atoms with E-state index in [2.05, 4.69) is 21.2 Å². The van der Waals surface area contributed by atoms with Crippen LogP contribution in [-0.2, 0) is 4.79 Å². The summed E-state index contributed by atoms with van der Waals surface area (Å²) in [5, 5.41) is 2.70. The molecule has 19 heavy (non-hydrogen) atoms. The fraction of sp³-hybridized carbons (Fsp3) is 0.429. The van der Waals surface area contributed by atoms with Crippen molar-refractivity contribution in [2.75, 3.05) is 19.6 Å². The second kappa shape index (κ2) is 7.28. The molecule has 1 N–H and O–H groups in total. The molecule has 0 spiro atoms. The summed E-state index contributed by atoms with van der Waals surface area (Å²) in [4.78, 5) is 25.5. The number of amides is 2. The van der Waals surface area contributed by atoms with Gasteiger partial charge in [0.05, 0.1) is 12.1 Å². The van der Waals surface area contributed by atoms with Crippen molar-refractivity contribution in [3.05, 3.63) is 33.8 Å². The molecular formula is C14H19BrN2O2. The van der Waals surface area contributed by atoms with Gasteiger partial charge in [0.25, 0.3) is 5.91 Å². The van der Waals surface area contributed by atoms with Gasteiger partial charge in [-0.05, 0) is 48.3 Å². The van der Waals surface area contributed by atoms with E-state index in [1.54, 1.807) is 6.07 Å². The maximum absolute atomic E-state index is 12.4. The molecule has 0 aliphatic heterocycles. The third-order valence-corrected chi connectivity index (χ3v) is 3.85. The normalized spacial score (nSPS) is 10.1. The molecule has 5 heteroatoms. The minimum atomic E-state index is -0.138. The van der Waals surface area contributed by atoms with Crippen LogP contribution in [0.3, 0.4) is 0 Å². The summed E-state index contributed by atoms with van der Waals surface area (Å²) < 4.78 is 0.786. The van der Waals surface area contributed by atoms with Crippen LogP contribution in [0.5, 0.6) is 0 Å². The maximum Gasteiger partial charge on any atom is 0.255 e. The van der Waals surface area contributed by atoms with Gasteiger partial charge in [-0.1, -0.05) is 12.1 Å². The van der Waals surface area contributed by atoms with Gasteiger partial charge >= 0.3 is 0 Å². The number of nitrogens with one attached hydrogen (secondary N) is 1. The topological polar surface area (TPSA) is 49.4 Å². The van der Waals surface area contributed by atoms with Gasteiger partial charge in [0.1, 0.15) is 0 Å². The van der Waals surface area contributed by atoms with E-state index in [0.717, 1.165) is 10.0 Å². The van der Waals surface area contributed by atoms with Crippen molar-refractivity contribution in [3.63, 3.8) is 0 Å². The third kappa shape index (κ3) is 4.06. The molecule has 0 aliphatic rings. The SMILES string of the molecule is CCNC(=O)CN(CC)C(=O)c1cccc(C)c1Br. The van der Waals surface area contributed by atoms with E-state index in [-0.39, 0.29) is 18.4 Å². The molecule has 0 atom stereocenters. The van der Waals surface area contributed by atoms with Crippen molar-refractivity contribution >= 4 is 27.7 Å². The zero-order chi connectivity index (χ0) is 14.4. The first-order valence-electron chi connectivity index (χ1n) is 6.32. The predicted molar refractivity (Wildman–Crippen MR) is 79.1 cm³/mol. The number of carbonyl (C=O) groups excluding carboxylic acids is 2. The monoisotopic (exact) mass is 326 g/mol. The number of halogens is 1. The third-order valence-electron chi connectivity index (χ3n) is 2.80. The Morgan fingerprint density at radius 1 is 1.32 bits per heavy atom. The van der Waals surface area contributed by atoms with Crippen molar-refractivity contribution in [3.8, 4) is 0 Å². The van der Waals surface area contributed by atoms with Gasteiger partial charge in [0, 0.05) is 17.6 Å². The van der Waals surface area contributed by atoms with Crippen LogP contribution in [0.2, 0.25) is 0 Å². The standard InChI is InChI=1S/C14H19BrN2O2/c1-4-16-12(18)9-17(5-2)14(19)11-8-6-7-10(3)13(11)15/h6-8H,4-5,9H2,1-3H3,(H,16,18). The fourth-order valence-electron chi connectivity index (χ4n) is 1.74. The van der Waals surface area contributed by atoms with Crippen molar-refractivity contribution in [1.29, 1.82) is 0 Å². The second-order valence-corrected chi connectivity index (χ2v) is 5.00. The van der Waals surface area contributed by atoms with Gasteiger partial charge in [-0.3, -0.25) is 9.59 Å². The Balaban J connectivity index is 2.89. The van der Waals surface area contributed by atoms with Crippen LogP contribution < -0.4 is 5.32 Å². The van der Waals surface area contributed by atoms with Crippen LogP contribution in [0.25, 0.3) is 0 Å². The second-order valence-electron chi connectivity index (χ2n) is 4.21. The molecule has 0 saturated heterocycles. The molecule has 0 saturated carbocycles. The molecule has 0 aliphatic carbocycles. The Hall–Kier alpha value is -1.36. The van der Waals surface area contributed by atoms with Gasteiger partial charge in [-0.2, -0.15) is 0 Å². The van der Waals surface area contributed by atoms with Crippen molar-refractivity contribution in [2.24, 2.45) is 0 Å². The molecule has 1 aromatic carbocycles. The minimum Gasteiger partial charge on any atom is -0.355 e. The lowest BCUT2D eigenvalue weighted by molar-refractivity contribution is -0.121. The molecule has 0 unspecified atom stereocenters. The highest BCUT2D eigenvalue weighted by Gasteiger charge is 2.19. The Morgan fingerprint density at radius 3 is 2.58 bits per heavy atom. The summed E-state index contributed by atoms with van der Waals surface area (Å²) in [5.74, 6) is -0.272. The molecule has 2 amide bonds. The highest BCUT2D eigenvalue weighted by atomic mass is 79.9. The maximum atomic E-state index is 12.4. The number of hydrogen-bond acceptors (Lipinski definition) is 2. The highest BCUT2D eigenvalue weighted by Crippen LogP contribution is 2.22. The highest BCUT2D eigenvalue weighted by molar-refractivity contribution is 9.10. The largest absolute Gasteiger partial charge is 0.355 e. The van der Waals surface area contributed by atoms with Crippen LogP contribution in [0, 0.1) is 6.92 Å². The minimum absolute atomic E-state index is 0.0869. The van der Waals surface area contributed by atoms with Crippen molar-refractivity contribution < 1.29 is 9.59 Å². The molecule has 0 aromatic heterocycles. The van der Waals surface area contributed by atoms with E-state index < -0.39 is 0 Å². The number of likely N-dealkylation sites (N-methyl/N-ethyl adjacent to an activating group) is 2. The number of rotatable bonds is 5. The van der Waals surface area contributed by atoms with Crippen LogP contribution in [0.15, 0.2) is 22.7 Å². The average Bonchev–Trinajstić information content (AvgIpc) is 2.39.